The average Bonchev–Trinajstić information content (AvgIpc) is 2.65. The van der Waals surface area contributed by atoms with Crippen LogP contribution in [0.2, 0.25) is 0 Å². The molecule has 3 aliphatic rings. The summed E-state index contributed by atoms with van der Waals surface area (Å²) >= 11 is 0. The van der Waals surface area contributed by atoms with Crippen LogP contribution in [-0.2, 0) is 9.47 Å². The summed E-state index contributed by atoms with van der Waals surface area (Å²) in [6.07, 6.45) is 1.29. The standard InChI is InChI=1S/C10H17NO2/c1-9(2)12-7-10(13-9)6-11-4-3-8(10)5-11/h8H,3-7H2,1-2H3. The van der Waals surface area contributed by atoms with E-state index in [1.165, 1.54) is 19.5 Å². The molecule has 0 aromatic rings. The van der Waals surface area contributed by atoms with Crippen LogP contribution >= 0.6 is 0 Å². The molecule has 0 N–H and O–H groups in total. The van der Waals surface area contributed by atoms with Crippen molar-refractivity contribution in [3.63, 3.8) is 0 Å². The first-order valence-corrected chi connectivity index (χ1v) is 5.16. The van der Waals surface area contributed by atoms with Gasteiger partial charge in [0.2, 0.25) is 0 Å². The lowest BCUT2D eigenvalue weighted by atomic mass is 9.88. The Morgan fingerprint density at radius 1 is 1.38 bits per heavy atom. The minimum absolute atomic E-state index is 0.0434. The Balaban J connectivity index is 1.85. The Morgan fingerprint density at radius 3 is 2.69 bits per heavy atom. The summed E-state index contributed by atoms with van der Waals surface area (Å²) in [4.78, 5) is 2.50. The van der Waals surface area contributed by atoms with Gasteiger partial charge in [-0.25, -0.2) is 0 Å². The highest BCUT2D eigenvalue weighted by molar-refractivity contribution is 5.06. The van der Waals surface area contributed by atoms with E-state index < -0.39 is 0 Å². The Bertz CT molecular complexity index is 241. The van der Waals surface area contributed by atoms with Crippen molar-refractivity contribution in [1.29, 1.82) is 0 Å². The SMILES string of the molecule is CC1(C)OCC2(CN3CCC2C3)O1. The van der Waals surface area contributed by atoms with E-state index in [0.29, 0.717) is 5.92 Å². The first-order chi connectivity index (χ1) is 6.10. The van der Waals surface area contributed by atoms with Crippen molar-refractivity contribution in [3.05, 3.63) is 0 Å². The van der Waals surface area contributed by atoms with Gasteiger partial charge in [0.25, 0.3) is 0 Å². The van der Waals surface area contributed by atoms with Crippen LogP contribution in [0.1, 0.15) is 20.3 Å². The summed E-state index contributed by atoms with van der Waals surface area (Å²) < 4.78 is 11.7. The van der Waals surface area contributed by atoms with Gasteiger partial charge in [0, 0.05) is 19.0 Å². The maximum atomic E-state index is 6.07. The molecular weight excluding hydrogens is 166 g/mol. The number of ether oxygens (including phenoxy) is 2. The third-order valence-electron chi connectivity index (χ3n) is 3.62. The summed E-state index contributed by atoms with van der Waals surface area (Å²) in [6.45, 7) is 8.39. The van der Waals surface area contributed by atoms with E-state index in [0.717, 1.165) is 13.2 Å². The summed E-state index contributed by atoms with van der Waals surface area (Å²) in [5.41, 5.74) is 0.0434. The molecule has 0 aromatic carbocycles. The minimum Gasteiger partial charge on any atom is -0.347 e. The van der Waals surface area contributed by atoms with E-state index in [2.05, 4.69) is 4.90 Å². The topological polar surface area (TPSA) is 21.7 Å². The van der Waals surface area contributed by atoms with Crippen molar-refractivity contribution in [2.45, 2.75) is 31.7 Å². The fourth-order valence-corrected chi connectivity index (χ4v) is 3.04. The van der Waals surface area contributed by atoms with Crippen LogP contribution in [0.15, 0.2) is 0 Å². The van der Waals surface area contributed by atoms with Gasteiger partial charge in [0.05, 0.1) is 6.61 Å². The van der Waals surface area contributed by atoms with Gasteiger partial charge < -0.3 is 9.47 Å². The highest BCUT2D eigenvalue weighted by atomic mass is 16.8. The number of hydrogen-bond donors (Lipinski definition) is 0. The lowest BCUT2D eigenvalue weighted by Crippen LogP contribution is -2.45. The lowest BCUT2D eigenvalue weighted by Gasteiger charge is -2.32. The van der Waals surface area contributed by atoms with Gasteiger partial charge in [-0.2, -0.15) is 0 Å². The molecular formula is C10H17NO2. The molecule has 3 fully saturated rings. The zero-order chi connectivity index (χ0) is 9.10. The molecule has 3 saturated heterocycles. The molecule has 0 amide bonds. The molecule has 2 bridgehead atoms. The van der Waals surface area contributed by atoms with Crippen LogP contribution < -0.4 is 0 Å². The normalized spacial score (nSPS) is 52.2. The molecule has 0 aromatic heterocycles. The monoisotopic (exact) mass is 183 g/mol. The molecule has 3 aliphatic heterocycles. The Labute approximate surface area is 79.0 Å². The van der Waals surface area contributed by atoms with Crippen LogP contribution in [0.25, 0.3) is 0 Å². The Morgan fingerprint density at radius 2 is 2.23 bits per heavy atom. The first kappa shape index (κ1) is 8.21. The minimum atomic E-state index is -0.356. The van der Waals surface area contributed by atoms with E-state index in [1.807, 2.05) is 13.8 Å². The van der Waals surface area contributed by atoms with Gasteiger partial charge in [-0.15, -0.1) is 0 Å². The van der Waals surface area contributed by atoms with Gasteiger partial charge in [0.15, 0.2) is 5.79 Å². The van der Waals surface area contributed by atoms with E-state index in [1.54, 1.807) is 0 Å². The van der Waals surface area contributed by atoms with E-state index in [-0.39, 0.29) is 11.4 Å². The molecule has 0 aliphatic carbocycles. The summed E-state index contributed by atoms with van der Waals surface area (Å²) in [5, 5.41) is 0. The number of nitrogens with zero attached hydrogens (tertiary/aromatic N) is 1. The molecule has 3 nitrogen and oxygen atoms in total. The second kappa shape index (κ2) is 2.27. The first-order valence-electron chi connectivity index (χ1n) is 5.16. The van der Waals surface area contributed by atoms with Crippen LogP contribution in [0.3, 0.4) is 0 Å². The number of hydrogen-bond acceptors (Lipinski definition) is 3. The zero-order valence-electron chi connectivity index (χ0n) is 8.38. The summed E-state index contributed by atoms with van der Waals surface area (Å²) in [7, 11) is 0. The Kier molecular flexibility index (Phi) is 1.43. The van der Waals surface area contributed by atoms with E-state index in [4.69, 9.17) is 9.47 Å². The highest BCUT2D eigenvalue weighted by Gasteiger charge is 2.57. The molecule has 3 unspecified atom stereocenters. The molecule has 3 atom stereocenters. The molecule has 13 heavy (non-hydrogen) atoms. The fraction of sp³-hybridized carbons (Fsp3) is 1.00. The maximum absolute atomic E-state index is 6.07. The fourth-order valence-electron chi connectivity index (χ4n) is 3.04. The van der Waals surface area contributed by atoms with E-state index in [9.17, 15) is 0 Å². The third kappa shape index (κ3) is 1.07. The quantitative estimate of drug-likeness (QED) is 0.555. The van der Waals surface area contributed by atoms with Crippen molar-refractivity contribution in [1.82, 2.24) is 4.90 Å². The third-order valence-corrected chi connectivity index (χ3v) is 3.62. The predicted octanol–water partition coefficient (Wildman–Crippen LogP) is 0.844. The Hall–Kier alpha value is -0.120. The highest BCUT2D eigenvalue weighted by Crippen LogP contribution is 2.45. The van der Waals surface area contributed by atoms with Crippen LogP contribution in [0.4, 0.5) is 0 Å². The molecule has 3 heterocycles. The molecule has 74 valence electrons. The number of piperidine rings is 1. The van der Waals surface area contributed by atoms with E-state index >= 15 is 0 Å². The van der Waals surface area contributed by atoms with Gasteiger partial charge >= 0.3 is 0 Å². The second-order valence-corrected chi connectivity index (χ2v) is 5.08. The van der Waals surface area contributed by atoms with Crippen molar-refractivity contribution in [2.24, 2.45) is 5.92 Å². The molecule has 1 spiro atoms. The van der Waals surface area contributed by atoms with Gasteiger partial charge in [0.1, 0.15) is 5.60 Å². The molecule has 0 saturated carbocycles. The zero-order valence-corrected chi connectivity index (χ0v) is 8.38. The van der Waals surface area contributed by atoms with Gasteiger partial charge in [-0.3, -0.25) is 4.90 Å². The average molecular weight is 183 g/mol. The molecule has 0 radical (unpaired) electrons. The summed E-state index contributed by atoms with van der Waals surface area (Å²) in [5.74, 6) is 0.361. The number of fused-ring (bicyclic) bond motifs is 3. The van der Waals surface area contributed by atoms with Gasteiger partial charge in [-0.05, 0) is 26.8 Å². The van der Waals surface area contributed by atoms with Crippen LogP contribution in [0.5, 0.6) is 0 Å². The van der Waals surface area contributed by atoms with Crippen molar-refractivity contribution < 1.29 is 9.47 Å². The number of rotatable bonds is 0. The van der Waals surface area contributed by atoms with Crippen LogP contribution in [-0.4, -0.2) is 42.5 Å². The summed E-state index contributed by atoms with van der Waals surface area (Å²) in [6, 6.07) is 0. The maximum Gasteiger partial charge on any atom is 0.163 e. The second-order valence-electron chi connectivity index (χ2n) is 5.08. The largest absolute Gasteiger partial charge is 0.347 e. The lowest BCUT2D eigenvalue weighted by molar-refractivity contribution is -0.168. The van der Waals surface area contributed by atoms with Crippen molar-refractivity contribution in [2.75, 3.05) is 26.2 Å². The van der Waals surface area contributed by atoms with Crippen molar-refractivity contribution >= 4 is 0 Å². The molecule has 3 rings (SSSR count). The van der Waals surface area contributed by atoms with Crippen molar-refractivity contribution in [3.8, 4) is 0 Å². The predicted molar refractivity (Wildman–Crippen MR) is 48.4 cm³/mol. The molecule has 3 heteroatoms. The van der Waals surface area contributed by atoms with Crippen LogP contribution in [0, 0.1) is 5.92 Å². The smallest absolute Gasteiger partial charge is 0.163 e. The van der Waals surface area contributed by atoms with Gasteiger partial charge in [-0.1, -0.05) is 0 Å².